The first kappa shape index (κ1) is 18.6. The molecule has 0 spiro atoms. The maximum absolute atomic E-state index is 14.1. The highest BCUT2D eigenvalue weighted by atomic mass is 32.2. The summed E-state index contributed by atoms with van der Waals surface area (Å²) in [6, 6.07) is 3.51. The molecule has 0 aliphatic carbocycles. The van der Waals surface area contributed by atoms with Crippen molar-refractivity contribution in [2.45, 2.75) is 31.6 Å². The number of hydrogen-bond acceptors (Lipinski definition) is 3. The first-order chi connectivity index (χ1) is 11.3. The van der Waals surface area contributed by atoms with Crippen molar-refractivity contribution in [1.82, 2.24) is 9.21 Å². The third kappa shape index (κ3) is 3.84. The van der Waals surface area contributed by atoms with E-state index in [0.29, 0.717) is 26.2 Å². The van der Waals surface area contributed by atoms with Crippen LogP contribution in [0.5, 0.6) is 0 Å². The summed E-state index contributed by atoms with van der Waals surface area (Å²) < 4.78 is 40.6. The van der Waals surface area contributed by atoms with Crippen LogP contribution < -0.4 is 0 Å². The van der Waals surface area contributed by atoms with E-state index in [2.05, 4.69) is 6.58 Å². The smallest absolute Gasteiger partial charge is 0.254 e. The molecule has 132 valence electrons. The largest absolute Gasteiger partial charge is 0.335 e. The molecular formula is C17H23FN2O3S. The van der Waals surface area contributed by atoms with Crippen molar-refractivity contribution in [2.75, 3.05) is 26.2 Å². The molecule has 0 N–H and O–H groups in total. The number of hydrogen-bond donors (Lipinski definition) is 0. The van der Waals surface area contributed by atoms with E-state index in [1.165, 1.54) is 10.4 Å². The van der Waals surface area contributed by atoms with Gasteiger partial charge in [0.05, 0.1) is 0 Å². The minimum Gasteiger partial charge on any atom is -0.335 e. The molecule has 1 saturated heterocycles. The standard InChI is InChI=1S/C17H23FN2O3S/c1-4-19(12-13(2)3)17(21)14-7-8-15(18)16(11-14)24(22,23)20-9-5-6-10-20/h7-8,11H,2,4-6,9-10,12H2,1,3H3. The Morgan fingerprint density at radius 3 is 2.50 bits per heavy atom. The molecule has 0 saturated carbocycles. The van der Waals surface area contributed by atoms with Gasteiger partial charge in [-0.1, -0.05) is 12.2 Å². The maximum Gasteiger partial charge on any atom is 0.254 e. The minimum atomic E-state index is -3.91. The van der Waals surface area contributed by atoms with Crippen LogP contribution in [0, 0.1) is 5.82 Å². The predicted molar refractivity (Wildman–Crippen MR) is 90.8 cm³/mol. The SMILES string of the molecule is C=C(C)CN(CC)C(=O)c1ccc(F)c(S(=O)(=O)N2CCCC2)c1. The highest BCUT2D eigenvalue weighted by Crippen LogP contribution is 2.24. The molecule has 24 heavy (non-hydrogen) atoms. The first-order valence-corrected chi connectivity index (χ1v) is 9.44. The summed E-state index contributed by atoms with van der Waals surface area (Å²) in [6.07, 6.45) is 1.53. The van der Waals surface area contributed by atoms with E-state index in [9.17, 15) is 17.6 Å². The van der Waals surface area contributed by atoms with Crippen molar-refractivity contribution >= 4 is 15.9 Å². The fourth-order valence-electron chi connectivity index (χ4n) is 2.74. The summed E-state index contributed by atoms with van der Waals surface area (Å²) in [5, 5.41) is 0. The number of sulfonamides is 1. The third-order valence-corrected chi connectivity index (χ3v) is 5.90. The average molecular weight is 354 g/mol. The van der Waals surface area contributed by atoms with Crippen LogP contribution in [-0.2, 0) is 10.0 Å². The minimum absolute atomic E-state index is 0.164. The fraction of sp³-hybridized carbons (Fsp3) is 0.471. The van der Waals surface area contributed by atoms with Crippen LogP contribution in [0.2, 0.25) is 0 Å². The molecule has 1 aromatic carbocycles. The number of rotatable bonds is 6. The fourth-order valence-corrected chi connectivity index (χ4v) is 4.34. The van der Waals surface area contributed by atoms with Gasteiger partial charge in [-0.25, -0.2) is 12.8 Å². The number of likely N-dealkylation sites (N-methyl/N-ethyl adjacent to an activating group) is 1. The summed E-state index contributed by atoms with van der Waals surface area (Å²) in [5.41, 5.74) is 0.981. The molecule has 1 aliphatic rings. The molecule has 0 bridgehead atoms. The Bertz CT molecular complexity index is 740. The molecule has 7 heteroatoms. The molecule has 0 aromatic heterocycles. The Hall–Kier alpha value is -1.73. The number of nitrogens with zero attached hydrogens (tertiary/aromatic N) is 2. The topological polar surface area (TPSA) is 57.7 Å². The lowest BCUT2D eigenvalue weighted by Gasteiger charge is -2.22. The predicted octanol–water partition coefficient (Wildman–Crippen LogP) is 2.65. The van der Waals surface area contributed by atoms with Gasteiger partial charge in [-0.3, -0.25) is 4.79 Å². The van der Waals surface area contributed by atoms with Gasteiger partial charge in [0.2, 0.25) is 10.0 Å². The summed E-state index contributed by atoms with van der Waals surface area (Å²) in [6.45, 7) is 9.02. The zero-order chi connectivity index (χ0) is 17.9. The number of amides is 1. The monoisotopic (exact) mass is 354 g/mol. The second-order valence-electron chi connectivity index (χ2n) is 6.03. The highest BCUT2D eigenvalue weighted by Gasteiger charge is 2.30. The van der Waals surface area contributed by atoms with Crippen molar-refractivity contribution in [3.8, 4) is 0 Å². The van der Waals surface area contributed by atoms with Crippen molar-refractivity contribution in [2.24, 2.45) is 0 Å². The molecule has 1 fully saturated rings. The Balaban J connectivity index is 2.37. The molecule has 1 heterocycles. The van der Waals surface area contributed by atoms with Gasteiger partial charge in [-0.05, 0) is 44.9 Å². The maximum atomic E-state index is 14.1. The van der Waals surface area contributed by atoms with Gasteiger partial charge < -0.3 is 4.90 Å². The van der Waals surface area contributed by atoms with Crippen LogP contribution in [0.25, 0.3) is 0 Å². The first-order valence-electron chi connectivity index (χ1n) is 8.00. The summed E-state index contributed by atoms with van der Waals surface area (Å²) in [5.74, 6) is -1.17. The average Bonchev–Trinajstić information content (AvgIpc) is 3.07. The van der Waals surface area contributed by atoms with Crippen molar-refractivity contribution < 1.29 is 17.6 Å². The van der Waals surface area contributed by atoms with E-state index in [1.807, 2.05) is 13.8 Å². The van der Waals surface area contributed by atoms with Gasteiger partial charge in [0, 0.05) is 31.7 Å². The van der Waals surface area contributed by atoms with Gasteiger partial charge in [-0.2, -0.15) is 4.31 Å². The van der Waals surface area contributed by atoms with Crippen LogP contribution in [-0.4, -0.2) is 49.7 Å². The van der Waals surface area contributed by atoms with Gasteiger partial charge in [0.25, 0.3) is 5.91 Å². The Morgan fingerprint density at radius 2 is 1.96 bits per heavy atom. The lowest BCUT2D eigenvalue weighted by atomic mass is 10.2. The number of benzene rings is 1. The van der Waals surface area contributed by atoms with E-state index in [4.69, 9.17) is 0 Å². The van der Waals surface area contributed by atoms with E-state index < -0.39 is 20.7 Å². The van der Waals surface area contributed by atoms with E-state index in [0.717, 1.165) is 30.5 Å². The molecule has 0 radical (unpaired) electrons. The zero-order valence-corrected chi connectivity index (χ0v) is 14.9. The molecule has 1 aliphatic heterocycles. The molecular weight excluding hydrogens is 331 g/mol. The van der Waals surface area contributed by atoms with Gasteiger partial charge in [0.1, 0.15) is 10.7 Å². The number of halogens is 1. The van der Waals surface area contributed by atoms with Crippen molar-refractivity contribution in [1.29, 1.82) is 0 Å². The third-order valence-electron chi connectivity index (χ3n) is 3.99. The van der Waals surface area contributed by atoms with Crippen LogP contribution in [0.15, 0.2) is 35.2 Å². The van der Waals surface area contributed by atoms with Crippen LogP contribution in [0.4, 0.5) is 4.39 Å². The molecule has 5 nitrogen and oxygen atoms in total. The zero-order valence-electron chi connectivity index (χ0n) is 14.1. The Kier molecular flexibility index (Phi) is 5.77. The number of carbonyl (C=O) groups is 1. The quantitative estimate of drug-likeness (QED) is 0.738. The van der Waals surface area contributed by atoms with Crippen LogP contribution in [0.3, 0.4) is 0 Å². The second-order valence-corrected chi connectivity index (χ2v) is 7.94. The van der Waals surface area contributed by atoms with Gasteiger partial charge in [0.15, 0.2) is 0 Å². The van der Waals surface area contributed by atoms with E-state index in [-0.39, 0.29) is 11.5 Å². The van der Waals surface area contributed by atoms with E-state index in [1.54, 1.807) is 4.90 Å². The summed E-state index contributed by atoms with van der Waals surface area (Å²) >= 11 is 0. The van der Waals surface area contributed by atoms with Crippen LogP contribution >= 0.6 is 0 Å². The van der Waals surface area contributed by atoms with E-state index >= 15 is 0 Å². The van der Waals surface area contributed by atoms with Crippen molar-refractivity contribution in [3.63, 3.8) is 0 Å². The molecule has 0 atom stereocenters. The molecule has 1 amide bonds. The van der Waals surface area contributed by atoms with Crippen LogP contribution in [0.1, 0.15) is 37.0 Å². The Labute approximate surface area is 142 Å². The van der Waals surface area contributed by atoms with Crippen molar-refractivity contribution in [3.05, 3.63) is 41.7 Å². The van der Waals surface area contributed by atoms with Gasteiger partial charge in [-0.15, -0.1) is 0 Å². The number of carbonyl (C=O) groups excluding carboxylic acids is 1. The highest BCUT2D eigenvalue weighted by molar-refractivity contribution is 7.89. The lowest BCUT2D eigenvalue weighted by molar-refractivity contribution is 0.0778. The molecule has 1 aromatic rings. The Morgan fingerprint density at radius 1 is 1.33 bits per heavy atom. The lowest BCUT2D eigenvalue weighted by Crippen LogP contribution is -2.33. The summed E-state index contributed by atoms with van der Waals surface area (Å²) in [7, 11) is -3.91. The summed E-state index contributed by atoms with van der Waals surface area (Å²) in [4.78, 5) is 13.7. The molecule has 0 unspecified atom stereocenters. The second kappa shape index (κ2) is 7.44. The normalized spacial score (nSPS) is 15.5. The molecule has 2 rings (SSSR count). The van der Waals surface area contributed by atoms with Gasteiger partial charge >= 0.3 is 0 Å².